The van der Waals surface area contributed by atoms with E-state index in [1.54, 1.807) is 0 Å². The number of sulfonamides is 3. The van der Waals surface area contributed by atoms with Gasteiger partial charge in [-0.1, -0.05) is 70.6 Å². The van der Waals surface area contributed by atoms with E-state index in [0.29, 0.717) is 50.4 Å². The minimum absolute atomic E-state index is 0.0126. The minimum atomic E-state index is -3.55. The van der Waals surface area contributed by atoms with Crippen LogP contribution in [-0.4, -0.2) is 108 Å². The molecular formula is C50H89N11O6S3. The third-order valence-electron chi connectivity index (χ3n) is 21.0. The molecule has 5 aliphatic heterocycles. The van der Waals surface area contributed by atoms with Gasteiger partial charge in [0, 0.05) is 18.1 Å². The minimum Gasteiger partial charge on any atom is -0.286 e. The number of nitrogens with one attached hydrogen (secondary N) is 11. The molecule has 5 saturated heterocycles. The lowest BCUT2D eigenvalue weighted by Gasteiger charge is -2.39. The molecule has 70 heavy (non-hydrogen) atoms. The molecule has 7 saturated carbocycles. The molecule has 12 rings (SSSR count). The van der Waals surface area contributed by atoms with Crippen molar-refractivity contribution in [2.24, 2.45) is 47.3 Å². The van der Waals surface area contributed by atoms with Gasteiger partial charge in [0.15, 0.2) is 0 Å². The zero-order valence-corrected chi connectivity index (χ0v) is 44.1. The van der Waals surface area contributed by atoms with Crippen molar-refractivity contribution in [3.05, 3.63) is 0 Å². The second-order valence-electron chi connectivity index (χ2n) is 25.0. The van der Waals surface area contributed by atoms with E-state index >= 15 is 0 Å². The molecule has 0 aromatic heterocycles. The molecule has 11 N–H and O–H groups in total. The Kier molecular flexibility index (Phi) is 14.9. The molecule has 12 aliphatic rings. The Bertz CT molecular complexity index is 2110. The summed E-state index contributed by atoms with van der Waals surface area (Å²) in [5.74, 6) is 1.67. The molecule has 5 heterocycles. The summed E-state index contributed by atoms with van der Waals surface area (Å²) in [5, 5.41) is 31.6. The molecule has 17 nitrogen and oxygen atoms in total. The van der Waals surface area contributed by atoms with Crippen LogP contribution in [-0.2, 0) is 30.1 Å². The first-order valence-corrected chi connectivity index (χ1v) is 33.6. The average molecular weight is 1040 g/mol. The molecule has 19 unspecified atom stereocenters. The van der Waals surface area contributed by atoms with Crippen LogP contribution in [0, 0.1) is 47.3 Å². The van der Waals surface area contributed by atoms with Gasteiger partial charge in [0.05, 0.1) is 65.1 Å². The van der Waals surface area contributed by atoms with Crippen molar-refractivity contribution in [2.45, 2.75) is 263 Å². The lowest BCUT2D eigenvalue weighted by atomic mass is 9.76. The van der Waals surface area contributed by atoms with Gasteiger partial charge in [-0.25, -0.2) is 39.4 Å². The lowest BCUT2D eigenvalue weighted by molar-refractivity contribution is 0.168. The van der Waals surface area contributed by atoms with E-state index in [4.69, 9.17) is 0 Å². The number of fused-ring (bicyclic) bond motifs is 20. The highest BCUT2D eigenvalue weighted by molar-refractivity contribution is 7.90. The van der Waals surface area contributed by atoms with Crippen LogP contribution in [0.1, 0.15) is 180 Å². The molecule has 0 aromatic carbocycles. The van der Waals surface area contributed by atoms with Crippen molar-refractivity contribution in [3.63, 3.8) is 0 Å². The summed E-state index contributed by atoms with van der Waals surface area (Å²) in [5.41, 5.74) is 0. The molecular weight excluding hydrogens is 947 g/mol. The van der Waals surface area contributed by atoms with Crippen molar-refractivity contribution in [2.75, 3.05) is 0 Å². The maximum absolute atomic E-state index is 14.3. The highest BCUT2D eigenvalue weighted by Crippen LogP contribution is 2.48. The fourth-order valence-electron chi connectivity index (χ4n) is 17.4. The smallest absolute Gasteiger partial charge is 0.214 e. The Morgan fingerprint density at radius 3 is 0.714 bits per heavy atom. The van der Waals surface area contributed by atoms with Gasteiger partial charge in [0.25, 0.3) is 0 Å². The highest BCUT2D eigenvalue weighted by Gasteiger charge is 2.57. The van der Waals surface area contributed by atoms with Crippen LogP contribution in [0.3, 0.4) is 0 Å². The zero-order valence-electron chi connectivity index (χ0n) is 41.7. The first-order chi connectivity index (χ1) is 33.8. The van der Waals surface area contributed by atoms with Crippen molar-refractivity contribution in [1.29, 1.82) is 0 Å². The van der Waals surface area contributed by atoms with Crippen LogP contribution in [0.15, 0.2) is 0 Å². The largest absolute Gasteiger partial charge is 0.286 e. The monoisotopic (exact) mass is 1040 g/mol. The molecule has 398 valence electrons. The van der Waals surface area contributed by atoms with Gasteiger partial charge in [-0.2, -0.15) is 0 Å². The normalized spacial score (nSPS) is 46.7. The second-order valence-corrected chi connectivity index (χ2v) is 31.0. The van der Waals surface area contributed by atoms with E-state index in [0.717, 1.165) is 109 Å². The van der Waals surface area contributed by atoms with Gasteiger partial charge in [0.2, 0.25) is 30.1 Å². The van der Waals surface area contributed by atoms with Gasteiger partial charge in [-0.15, -0.1) is 0 Å². The summed E-state index contributed by atoms with van der Waals surface area (Å²) in [6.07, 6.45) is 25.7. The van der Waals surface area contributed by atoms with Gasteiger partial charge in [-0.05, 0) is 156 Å². The molecule has 12 fully saturated rings. The standard InChI is InChI=1S/C50H89N11O6S3/c62-68(63,59-29-12-4-1-5-13-29)32-20-23-37-40(26-32)49-54-45(37)52-43-35-18-10-11-19-36(35)44(51-43)53-48-41-27-33(69(64,65)60-30-14-6-2-7-15-30)21-24-38(41)46(55-48)57-50-42-28-34(22-25-39(42)47(56-49)58-50)70(66,67)61-31-16-8-3-9-17-31/h29-61H,1-28H2. The first kappa shape index (κ1) is 50.2. The van der Waals surface area contributed by atoms with Crippen molar-refractivity contribution >= 4 is 30.1 Å². The summed E-state index contributed by atoms with van der Waals surface area (Å²) < 4.78 is 95.1. The Balaban J connectivity index is 0.847. The summed E-state index contributed by atoms with van der Waals surface area (Å²) in [4.78, 5) is 0. The summed E-state index contributed by atoms with van der Waals surface area (Å²) in [6.45, 7) is 0. The molecule has 8 bridgehead atoms. The van der Waals surface area contributed by atoms with E-state index < -0.39 is 45.8 Å². The van der Waals surface area contributed by atoms with E-state index in [9.17, 15) is 25.3 Å². The number of hydrogen-bond donors (Lipinski definition) is 11. The van der Waals surface area contributed by atoms with Gasteiger partial charge in [-0.3, -0.25) is 42.5 Å². The maximum Gasteiger partial charge on any atom is 0.214 e. The topological polar surface area (TPSA) is 235 Å². The summed E-state index contributed by atoms with van der Waals surface area (Å²) in [6, 6.07) is 0.0900. The third-order valence-corrected chi connectivity index (χ3v) is 26.9. The molecule has 0 amide bonds. The predicted molar refractivity (Wildman–Crippen MR) is 271 cm³/mol. The average Bonchev–Trinajstić information content (AvgIpc) is 4.09. The van der Waals surface area contributed by atoms with Crippen molar-refractivity contribution in [1.82, 2.24) is 56.7 Å². The van der Waals surface area contributed by atoms with Crippen LogP contribution in [0.25, 0.3) is 0 Å². The third kappa shape index (κ3) is 10.2. The Morgan fingerprint density at radius 2 is 0.457 bits per heavy atom. The number of hydrogen-bond acceptors (Lipinski definition) is 14. The van der Waals surface area contributed by atoms with E-state index in [-0.39, 0.29) is 103 Å². The maximum atomic E-state index is 14.3. The van der Waals surface area contributed by atoms with E-state index in [1.165, 1.54) is 32.1 Å². The fourth-order valence-corrected chi connectivity index (χ4v) is 22.8. The zero-order chi connectivity index (χ0) is 47.8. The Morgan fingerprint density at radius 1 is 0.243 bits per heavy atom. The first-order valence-electron chi connectivity index (χ1n) is 29.0. The van der Waals surface area contributed by atoms with Crippen LogP contribution >= 0.6 is 0 Å². The number of rotatable bonds is 9. The molecule has 0 spiro atoms. The van der Waals surface area contributed by atoms with Crippen LogP contribution in [0.4, 0.5) is 0 Å². The molecule has 19 atom stereocenters. The van der Waals surface area contributed by atoms with Crippen LogP contribution in [0.2, 0.25) is 0 Å². The quantitative estimate of drug-likeness (QED) is 0.159. The van der Waals surface area contributed by atoms with Crippen LogP contribution in [0.5, 0.6) is 0 Å². The summed E-state index contributed by atoms with van der Waals surface area (Å²) in [7, 11) is -10.6. The van der Waals surface area contributed by atoms with Gasteiger partial charge < -0.3 is 0 Å². The Hall–Kier alpha value is -0.590. The second kappa shape index (κ2) is 20.7. The Labute approximate surface area is 420 Å². The molecule has 0 aromatic rings. The van der Waals surface area contributed by atoms with Crippen molar-refractivity contribution in [3.8, 4) is 0 Å². The van der Waals surface area contributed by atoms with E-state index in [2.05, 4.69) is 56.7 Å². The molecule has 0 radical (unpaired) electrons. The van der Waals surface area contributed by atoms with Crippen LogP contribution < -0.4 is 56.7 Å². The van der Waals surface area contributed by atoms with E-state index in [1.807, 2.05) is 0 Å². The molecule has 20 heteroatoms. The predicted octanol–water partition coefficient (Wildman–Crippen LogP) is 3.30. The summed E-state index contributed by atoms with van der Waals surface area (Å²) >= 11 is 0. The fraction of sp³-hybridized carbons (Fsp3) is 1.00. The SMILES string of the molecule is O=S(=O)(NC1CCCCC1)C1CCC2C3NC(NC4NC(NC5NC(NC6NC(N3)C3CC(S(=O)(=O)NC7CCCCC7)CCC63)C3CC(S(=O)(=O)NC6CCCCC6)CCC53)C3CCCCC43)C2C1. The van der Waals surface area contributed by atoms with Gasteiger partial charge in [0.1, 0.15) is 0 Å². The van der Waals surface area contributed by atoms with Crippen molar-refractivity contribution < 1.29 is 25.3 Å². The molecule has 7 aliphatic carbocycles. The lowest BCUT2D eigenvalue weighted by Crippen LogP contribution is -2.61. The van der Waals surface area contributed by atoms with Gasteiger partial charge >= 0.3 is 0 Å². The highest BCUT2D eigenvalue weighted by atomic mass is 32.2.